The molecule has 388 valence electrons. The van der Waals surface area contributed by atoms with Crippen molar-refractivity contribution >= 4 is 17.7 Å². The molecule has 0 amide bonds. The van der Waals surface area contributed by atoms with E-state index in [9.17, 15) is 50.1 Å². The van der Waals surface area contributed by atoms with Crippen LogP contribution in [0.15, 0.2) is 134 Å². The minimum Gasteiger partial charge on any atom is -0.460 e. The first-order chi connectivity index (χ1) is 33.7. The van der Waals surface area contributed by atoms with Crippen molar-refractivity contribution in [3.05, 3.63) is 134 Å². The molecular formula is C54H76O16. The van der Waals surface area contributed by atoms with Gasteiger partial charge in [0.1, 0.15) is 30.2 Å². The van der Waals surface area contributed by atoms with Gasteiger partial charge in [-0.05, 0) is 78.1 Å². The smallest absolute Gasteiger partial charge is 0.331 e. The number of allylic oxidation sites excluding steroid dienone is 12. The van der Waals surface area contributed by atoms with Gasteiger partial charge in [-0.25, -0.2) is 19.4 Å². The topological polar surface area (TPSA) is 248 Å². The van der Waals surface area contributed by atoms with Gasteiger partial charge < -0.3 is 54.7 Å². The summed E-state index contributed by atoms with van der Waals surface area (Å²) in [6.07, 6.45) is 27.1. The molecule has 3 aliphatic heterocycles. The first kappa shape index (κ1) is 59.6. The highest BCUT2D eigenvalue weighted by Crippen LogP contribution is 2.27. The van der Waals surface area contributed by atoms with Crippen molar-refractivity contribution in [3.8, 4) is 0 Å². The van der Waals surface area contributed by atoms with Crippen molar-refractivity contribution in [3.63, 3.8) is 0 Å². The van der Waals surface area contributed by atoms with Crippen LogP contribution in [0, 0.1) is 0 Å². The van der Waals surface area contributed by atoms with Gasteiger partial charge in [-0.1, -0.05) is 122 Å². The van der Waals surface area contributed by atoms with Gasteiger partial charge in [0.25, 0.3) is 0 Å². The highest BCUT2D eigenvalue weighted by Gasteiger charge is 2.47. The van der Waals surface area contributed by atoms with Crippen LogP contribution in [0.5, 0.6) is 0 Å². The molecular weight excluding hydrogens is 905 g/mol. The van der Waals surface area contributed by atoms with E-state index in [2.05, 4.69) is 0 Å². The monoisotopic (exact) mass is 981 g/mol. The summed E-state index contributed by atoms with van der Waals surface area (Å²) in [4.78, 5) is 48.9. The second-order valence-electron chi connectivity index (χ2n) is 17.4. The number of aliphatic hydroxyl groups excluding tert-OH is 7. The Bertz CT molecular complexity index is 1860. The Morgan fingerprint density at radius 3 is 1.86 bits per heavy atom. The third-order valence-corrected chi connectivity index (χ3v) is 11.1. The standard InChI is InChI=1S/C54H76O16/c1-39-22-10-4-3-5-11-25-42(57)36-44(59)27-15-7-16-29-46(30-17-9-19-33-49(61)65-39)67-54-52(64)53(51(63)48(38-55)68-54)70-69-47-31-21-20-28-45(60)37-43(58)26-14-6-12-23-41(56)24-13-8-18-32-50(62)66-40(2)34-35-47/h3,5-9,12-21,23,28-29,31-33,39-41,43-48,51-56,58-60,63-64H,4,10-11,22,24-27,30,34-38H2,1-2H3/b5-3-,13-8+,14-6-,15-7-,17-9+,23-12+,28-20+,29-16+,31-21+,32-18-,33-19?/t39?,40-,41-,43+,44+,45+,46+,47+,48?,51?,52?,53?,54?/m1/s1. The van der Waals surface area contributed by atoms with Crippen LogP contribution >= 0.6 is 0 Å². The first-order valence-corrected chi connectivity index (χ1v) is 24.3. The van der Waals surface area contributed by atoms with Gasteiger partial charge in [0.15, 0.2) is 12.4 Å². The van der Waals surface area contributed by atoms with Crippen LogP contribution in [0.2, 0.25) is 0 Å². The van der Waals surface area contributed by atoms with E-state index in [0.717, 1.165) is 12.8 Å². The van der Waals surface area contributed by atoms with Gasteiger partial charge >= 0.3 is 11.9 Å². The van der Waals surface area contributed by atoms with Gasteiger partial charge in [0.05, 0.1) is 49.3 Å². The molecule has 0 aliphatic carbocycles. The number of ketones is 1. The Kier molecular flexibility index (Phi) is 30.2. The Morgan fingerprint density at radius 2 is 1.14 bits per heavy atom. The zero-order valence-electron chi connectivity index (χ0n) is 40.4. The fourth-order valence-corrected chi connectivity index (χ4v) is 7.16. The number of hydrogen-bond acceptors (Lipinski definition) is 16. The van der Waals surface area contributed by atoms with Gasteiger partial charge in [-0.3, -0.25) is 4.79 Å². The fourth-order valence-electron chi connectivity index (χ4n) is 7.16. The number of aliphatic hydroxyl groups is 7. The zero-order valence-corrected chi connectivity index (χ0v) is 40.4. The van der Waals surface area contributed by atoms with Gasteiger partial charge in [-0.15, -0.1) is 0 Å². The van der Waals surface area contributed by atoms with Crippen molar-refractivity contribution in [2.45, 2.75) is 177 Å². The van der Waals surface area contributed by atoms with E-state index >= 15 is 0 Å². The number of carbonyl (C=O) groups excluding carboxylic acids is 3. The van der Waals surface area contributed by atoms with Gasteiger partial charge in [0.2, 0.25) is 0 Å². The number of ether oxygens (including phenoxy) is 4. The molecule has 0 aromatic rings. The number of Topliss-reactive ketones (excluding diaryl/α,β-unsaturated/α-hetero) is 1. The Hall–Kier alpha value is -4.69. The predicted molar refractivity (Wildman–Crippen MR) is 263 cm³/mol. The fraction of sp³-hybridized carbons (Fsp3) is 0.537. The maximum atomic E-state index is 12.5. The number of esters is 2. The molecule has 3 heterocycles. The first-order valence-electron chi connectivity index (χ1n) is 24.3. The molecule has 0 bridgehead atoms. The summed E-state index contributed by atoms with van der Waals surface area (Å²) < 4.78 is 23.0. The highest BCUT2D eigenvalue weighted by molar-refractivity contribution is 5.82. The molecule has 13 atom stereocenters. The third kappa shape index (κ3) is 26.5. The molecule has 0 aromatic heterocycles. The lowest BCUT2D eigenvalue weighted by Gasteiger charge is -2.42. The largest absolute Gasteiger partial charge is 0.460 e. The van der Waals surface area contributed by atoms with E-state index in [1.807, 2.05) is 19.1 Å². The lowest BCUT2D eigenvalue weighted by Crippen LogP contribution is -2.60. The summed E-state index contributed by atoms with van der Waals surface area (Å²) in [6.45, 7) is 2.84. The maximum Gasteiger partial charge on any atom is 0.331 e. The van der Waals surface area contributed by atoms with E-state index in [4.69, 9.17) is 28.7 Å². The molecule has 0 radical (unpaired) electrons. The second kappa shape index (κ2) is 35.4. The molecule has 1 fully saturated rings. The molecule has 0 aromatic carbocycles. The maximum absolute atomic E-state index is 12.5. The Labute approximate surface area is 412 Å². The molecule has 6 unspecified atom stereocenters. The van der Waals surface area contributed by atoms with Crippen molar-refractivity contribution < 1.29 is 78.9 Å². The summed E-state index contributed by atoms with van der Waals surface area (Å²) in [5, 5.41) is 74.5. The minimum atomic E-state index is -1.66. The van der Waals surface area contributed by atoms with Crippen LogP contribution in [-0.2, 0) is 43.1 Å². The number of hydrogen-bond donors (Lipinski definition) is 7. The summed E-state index contributed by atoms with van der Waals surface area (Å²) in [5.74, 6) is -1.13. The molecule has 7 N–H and O–H groups in total. The summed E-state index contributed by atoms with van der Waals surface area (Å²) in [7, 11) is 0. The summed E-state index contributed by atoms with van der Waals surface area (Å²) in [6, 6.07) is 0. The van der Waals surface area contributed by atoms with Crippen LogP contribution in [0.1, 0.15) is 97.3 Å². The lowest BCUT2D eigenvalue weighted by molar-refractivity contribution is -0.408. The molecule has 16 heteroatoms. The SMILES string of the molecule is CC1CCC/C=C\CCC(=O)C[C@@H](O)C/C=C\C=C\[C@H](OC2OC(CO)C(O)C(OO[C@H]3/C=C/C=C/[C@H](O)C[C@@H](O)C/C=C\C=C\[C@@H](O)C/C=C/C=C\C(=O)O[C@H](C)CC3)C2O)C/C=C/C=CC(=O)O1. The van der Waals surface area contributed by atoms with Crippen LogP contribution in [0.25, 0.3) is 0 Å². The predicted octanol–water partition coefficient (Wildman–Crippen LogP) is 5.59. The number of cyclic esters (lactones) is 2. The number of rotatable bonds is 6. The van der Waals surface area contributed by atoms with Crippen LogP contribution in [0.4, 0.5) is 0 Å². The normalized spacial score (nSPS) is 37.6. The van der Waals surface area contributed by atoms with Crippen molar-refractivity contribution in [2.75, 3.05) is 6.61 Å². The Balaban J connectivity index is 1.79. The van der Waals surface area contributed by atoms with E-state index in [1.54, 1.807) is 98.1 Å². The number of carbonyl (C=O) groups is 3. The van der Waals surface area contributed by atoms with Crippen LogP contribution in [-0.4, -0.2) is 140 Å². The Morgan fingerprint density at radius 1 is 0.571 bits per heavy atom. The summed E-state index contributed by atoms with van der Waals surface area (Å²) >= 11 is 0. The molecule has 16 nitrogen and oxygen atoms in total. The van der Waals surface area contributed by atoms with Crippen molar-refractivity contribution in [1.82, 2.24) is 0 Å². The van der Waals surface area contributed by atoms with Crippen LogP contribution in [0.3, 0.4) is 0 Å². The van der Waals surface area contributed by atoms with Crippen LogP contribution < -0.4 is 0 Å². The second-order valence-corrected chi connectivity index (χ2v) is 17.4. The van der Waals surface area contributed by atoms with Crippen molar-refractivity contribution in [2.24, 2.45) is 0 Å². The zero-order chi connectivity index (χ0) is 50.9. The molecule has 3 rings (SSSR count). The van der Waals surface area contributed by atoms with Crippen molar-refractivity contribution in [1.29, 1.82) is 0 Å². The molecule has 70 heavy (non-hydrogen) atoms. The highest BCUT2D eigenvalue weighted by atomic mass is 17.2. The quantitative estimate of drug-likeness (QED) is 0.0742. The minimum absolute atomic E-state index is 0.0238. The van der Waals surface area contributed by atoms with Gasteiger partial charge in [0, 0.05) is 31.4 Å². The molecule has 1 saturated heterocycles. The van der Waals surface area contributed by atoms with E-state index in [-0.39, 0.29) is 56.8 Å². The van der Waals surface area contributed by atoms with E-state index in [1.165, 1.54) is 30.4 Å². The van der Waals surface area contributed by atoms with E-state index in [0.29, 0.717) is 25.7 Å². The van der Waals surface area contributed by atoms with Gasteiger partial charge in [-0.2, -0.15) is 0 Å². The molecule has 0 spiro atoms. The lowest BCUT2D eigenvalue weighted by atomic mass is 9.99. The summed E-state index contributed by atoms with van der Waals surface area (Å²) in [5.41, 5.74) is 0. The third-order valence-electron chi connectivity index (χ3n) is 11.1. The molecule has 3 aliphatic rings. The molecule has 0 saturated carbocycles. The average molecular weight is 981 g/mol. The average Bonchev–Trinajstić information content (AvgIpc) is 3.30. The van der Waals surface area contributed by atoms with E-state index < -0.39 is 92.0 Å².